The van der Waals surface area contributed by atoms with Crippen LogP contribution in [0, 0.1) is 0 Å². The van der Waals surface area contributed by atoms with Crippen LogP contribution < -0.4 is 11.1 Å². The second-order valence-corrected chi connectivity index (χ2v) is 7.56. The standard InChI is InChI=1S/C10H16N2O3S.C5H8N2OS/c1-10(2,3)15-9(13)12-8-11-7(5-14-4)6-16-8;1-8-2-4-3-9-5(6)7-4/h6H,5H2,1-4H3,(H,11,12,13);3H,2H2,1H3,(H2,6,7). The van der Waals surface area contributed by atoms with Crippen LogP contribution >= 0.6 is 22.7 Å². The molecule has 2 rings (SSSR count). The topological polar surface area (TPSA) is 109 Å². The SMILES string of the molecule is COCc1csc(N)n1.COCc1csc(NC(=O)OC(C)(C)C)n1. The lowest BCUT2D eigenvalue weighted by atomic mass is 10.2. The fourth-order valence-electron chi connectivity index (χ4n) is 1.51. The predicted octanol–water partition coefficient (Wildman–Crippen LogP) is 3.51. The van der Waals surface area contributed by atoms with Crippen LogP contribution in [0.1, 0.15) is 32.2 Å². The van der Waals surface area contributed by atoms with Gasteiger partial charge in [0.1, 0.15) is 5.60 Å². The number of nitrogens with one attached hydrogen (secondary N) is 1. The van der Waals surface area contributed by atoms with Gasteiger partial charge in [-0.05, 0) is 20.8 Å². The number of nitrogen functional groups attached to an aromatic ring is 1. The maximum atomic E-state index is 11.4. The maximum absolute atomic E-state index is 11.4. The number of aromatic nitrogens is 2. The molecule has 0 fully saturated rings. The first-order chi connectivity index (χ1) is 11.7. The Morgan fingerprint density at radius 3 is 2.16 bits per heavy atom. The first-order valence-electron chi connectivity index (χ1n) is 7.35. The largest absolute Gasteiger partial charge is 0.444 e. The van der Waals surface area contributed by atoms with E-state index in [1.165, 1.54) is 22.7 Å². The molecule has 1 amide bonds. The Kier molecular flexibility index (Phi) is 8.76. The molecule has 0 saturated heterocycles. The molecule has 3 N–H and O–H groups in total. The molecule has 140 valence electrons. The highest BCUT2D eigenvalue weighted by molar-refractivity contribution is 7.14. The Labute approximate surface area is 155 Å². The zero-order chi connectivity index (χ0) is 18.9. The van der Waals surface area contributed by atoms with E-state index >= 15 is 0 Å². The van der Waals surface area contributed by atoms with E-state index < -0.39 is 11.7 Å². The van der Waals surface area contributed by atoms with Crippen LogP contribution in [0.2, 0.25) is 0 Å². The minimum atomic E-state index is -0.503. The molecule has 2 aromatic heterocycles. The number of amides is 1. The number of carbonyl (C=O) groups excluding carboxylic acids is 1. The molecule has 0 aliphatic carbocycles. The molecular formula is C15H24N4O4S2. The van der Waals surface area contributed by atoms with Crippen molar-refractivity contribution in [3.8, 4) is 0 Å². The average molecular weight is 389 g/mol. The van der Waals surface area contributed by atoms with E-state index in [9.17, 15) is 4.79 Å². The Morgan fingerprint density at radius 2 is 1.68 bits per heavy atom. The number of rotatable bonds is 5. The summed E-state index contributed by atoms with van der Waals surface area (Å²) in [6.45, 7) is 6.42. The van der Waals surface area contributed by atoms with Crippen molar-refractivity contribution < 1.29 is 19.0 Å². The number of methoxy groups -OCH3 is 2. The molecule has 8 nitrogen and oxygen atoms in total. The van der Waals surface area contributed by atoms with Gasteiger partial charge in [0, 0.05) is 25.0 Å². The van der Waals surface area contributed by atoms with E-state index in [2.05, 4.69) is 15.3 Å². The van der Waals surface area contributed by atoms with Crippen LogP contribution in [-0.2, 0) is 27.4 Å². The highest BCUT2D eigenvalue weighted by Crippen LogP contribution is 2.17. The third-order valence-corrected chi connectivity index (χ3v) is 3.84. The van der Waals surface area contributed by atoms with Gasteiger partial charge in [-0.1, -0.05) is 0 Å². The van der Waals surface area contributed by atoms with Crippen LogP contribution in [0.25, 0.3) is 0 Å². The van der Waals surface area contributed by atoms with Gasteiger partial charge in [0.15, 0.2) is 10.3 Å². The summed E-state index contributed by atoms with van der Waals surface area (Å²) in [5.74, 6) is 0. The molecule has 2 heterocycles. The van der Waals surface area contributed by atoms with Crippen LogP contribution in [0.5, 0.6) is 0 Å². The molecule has 0 aromatic carbocycles. The smallest absolute Gasteiger partial charge is 0.413 e. The molecule has 2 aromatic rings. The van der Waals surface area contributed by atoms with Gasteiger partial charge in [0.05, 0.1) is 24.6 Å². The Hall–Kier alpha value is -1.75. The summed E-state index contributed by atoms with van der Waals surface area (Å²) in [4.78, 5) is 19.5. The van der Waals surface area contributed by atoms with Gasteiger partial charge in [-0.2, -0.15) is 0 Å². The van der Waals surface area contributed by atoms with E-state index in [1.54, 1.807) is 14.2 Å². The fraction of sp³-hybridized carbons (Fsp3) is 0.533. The van der Waals surface area contributed by atoms with Crippen LogP contribution in [-0.4, -0.2) is 35.9 Å². The van der Waals surface area contributed by atoms with E-state index in [0.717, 1.165) is 11.4 Å². The van der Waals surface area contributed by atoms with Crippen molar-refractivity contribution in [3.05, 3.63) is 22.1 Å². The van der Waals surface area contributed by atoms with Crippen molar-refractivity contribution >= 4 is 39.0 Å². The highest BCUT2D eigenvalue weighted by Gasteiger charge is 2.17. The van der Waals surface area contributed by atoms with Gasteiger partial charge in [0.2, 0.25) is 0 Å². The molecule has 0 saturated carbocycles. The second-order valence-electron chi connectivity index (χ2n) is 5.81. The lowest BCUT2D eigenvalue weighted by Crippen LogP contribution is -2.27. The lowest BCUT2D eigenvalue weighted by molar-refractivity contribution is 0.0636. The van der Waals surface area contributed by atoms with E-state index in [-0.39, 0.29) is 0 Å². The van der Waals surface area contributed by atoms with Crippen LogP contribution in [0.3, 0.4) is 0 Å². The van der Waals surface area contributed by atoms with E-state index in [4.69, 9.17) is 19.9 Å². The van der Waals surface area contributed by atoms with Gasteiger partial charge in [-0.3, -0.25) is 5.32 Å². The Morgan fingerprint density at radius 1 is 1.12 bits per heavy atom. The van der Waals surface area contributed by atoms with Crippen molar-refractivity contribution in [2.75, 3.05) is 25.3 Å². The van der Waals surface area contributed by atoms with Crippen molar-refractivity contribution in [2.45, 2.75) is 39.6 Å². The van der Waals surface area contributed by atoms with Gasteiger partial charge < -0.3 is 19.9 Å². The third-order valence-electron chi connectivity index (χ3n) is 2.31. The molecule has 0 radical (unpaired) electrons. The zero-order valence-electron chi connectivity index (χ0n) is 15.0. The van der Waals surface area contributed by atoms with E-state index in [1.807, 2.05) is 31.5 Å². The van der Waals surface area contributed by atoms with Gasteiger partial charge in [-0.15, -0.1) is 22.7 Å². The molecule has 0 atom stereocenters. The lowest BCUT2D eigenvalue weighted by Gasteiger charge is -2.18. The minimum Gasteiger partial charge on any atom is -0.444 e. The normalized spacial score (nSPS) is 10.8. The molecule has 0 aliphatic heterocycles. The summed E-state index contributed by atoms with van der Waals surface area (Å²) in [7, 11) is 3.23. The average Bonchev–Trinajstić information content (AvgIpc) is 3.08. The number of nitrogens with two attached hydrogens (primary N) is 1. The highest BCUT2D eigenvalue weighted by atomic mass is 32.1. The summed E-state index contributed by atoms with van der Waals surface area (Å²) in [6.07, 6.45) is -0.495. The number of carbonyl (C=O) groups is 1. The van der Waals surface area contributed by atoms with Crippen molar-refractivity contribution in [1.82, 2.24) is 9.97 Å². The van der Waals surface area contributed by atoms with Crippen LogP contribution in [0.4, 0.5) is 15.1 Å². The zero-order valence-corrected chi connectivity index (χ0v) is 16.6. The van der Waals surface area contributed by atoms with E-state index in [0.29, 0.717) is 23.5 Å². The minimum absolute atomic E-state index is 0.437. The number of nitrogens with zero attached hydrogens (tertiary/aromatic N) is 2. The quantitative estimate of drug-likeness (QED) is 0.806. The van der Waals surface area contributed by atoms with Gasteiger partial charge in [-0.25, -0.2) is 14.8 Å². The number of ether oxygens (including phenoxy) is 3. The van der Waals surface area contributed by atoms with Crippen molar-refractivity contribution in [2.24, 2.45) is 0 Å². The predicted molar refractivity (Wildman–Crippen MR) is 99.9 cm³/mol. The summed E-state index contributed by atoms with van der Waals surface area (Å²) < 4.78 is 14.9. The summed E-state index contributed by atoms with van der Waals surface area (Å²) in [5, 5.41) is 7.40. The summed E-state index contributed by atoms with van der Waals surface area (Å²) in [5.41, 5.74) is 6.55. The number of hydrogen-bond donors (Lipinski definition) is 2. The number of anilines is 2. The molecule has 10 heteroatoms. The maximum Gasteiger partial charge on any atom is 0.413 e. The summed E-state index contributed by atoms with van der Waals surface area (Å²) >= 11 is 2.77. The second kappa shape index (κ2) is 10.3. The molecule has 0 unspecified atom stereocenters. The molecular weight excluding hydrogens is 364 g/mol. The van der Waals surface area contributed by atoms with Gasteiger partial charge in [0.25, 0.3) is 0 Å². The van der Waals surface area contributed by atoms with Crippen molar-refractivity contribution in [3.63, 3.8) is 0 Å². The number of thiazole rings is 2. The third kappa shape index (κ3) is 9.34. The first-order valence-corrected chi connectivity index (χ1v) is 9.11. The molecule has 0 bridgehead atoms. The monoisotopic (exact) mass is 388 g/mol. The molecule has 25 heavy (non-hydrogen) atoms. The first kappa shape index (κ1) is 21.3. The Bertz CT molecular complexity index is 652. The van der Waals surface area contributed by atoms with Crippen LogP contribution in [0.15, 0.2) is 10.8 Å². The fourth-order valence-corrected chi connectivity index (χ4v) is 2.73. The summed E-state index contributed by atoms with van der Waals surface area (Å²) in [6, 6.07) is 0. The van der Waals surface area contributed by atoms with Crippen molar-refractivity contribution in [1.29, 1.82) is 0 Å². The molecule has 0 spiro atoms. The Balaban J connectivity index is 0.000000293. The number of hydrogen-bond acceptors (Lipinski definition) is 9. The van der Waals surface area contributed by atoms with Gasteiger partial charge >= 0.3 is 6.09 Å². The molecule has 0 aliphatic rings.